The van der Waals surface area contributed by atoms with Crippen LogP contribution in [0.15, 0.2) is 71.6 Å². The lowest BCUT2D eigenvalue weighted by Crippen LogP contribution is -2.08. The second-order valence-corrected chi connectivity index (χ2v) is 9.14. The van der Waals surface area contributed by atoms with Crippen molar-refractivity contribution in [3.8, 4) is 16.9 Å². The van der Waals surface area contributed by atoms with Crippen LogP contribution in [0.3, 0.4) is 0 Å². The lowest BCUT2D eigenvalue weighted by Gasteiger charge is -2.16. The summed E-state index contributed by atoms with van der Waals surface area (Å²) in [5.41, 5.74) is 6.08. The van der Waals surface area contributed by atoms with Gasteiger partial charge in [-0.1, -0.05) is 24.3 Å². The maximum absolute atomic E-state index is 12.3. The lowest BCUT2D eigenvalue weighted by atomic mass is 10.0. The number of rotatable bonds is 8. The number of aryl methyl sites for hydroxylation is 1. The Hall–Kier alpha value is -3.22. The molecular formula is C27H28N2O3S. The van der Waals surface area contributed by atoms with Crippen molar-refractivity contribution >= 4 is 28.8 Å². The van der Waals surface area contributed by atoms with Gasteiger partial charge >= 0.3 is 5.97 Å². The number of carbonyl (C=O) groups excluding carboxylic acids is 1. The van der Waals surface area contributed by atoms with Gasteiger partial charge in [-0.3, -0.25) is 0 Å². The number of benzene rings is 3. The fourth-order valence-corrected chi connectivity index (χ4v) is 4.84. The number of nitrogens with zero attached hydrogens (tertiary/aromatic N) is 1. The van der Waals surface area contributed by atoms with Crippen molar-refractivity contribution in [1.82, 2.24) is 9.29 Å². The molecule has 0 aliphatic carbocycles. The third-order valence-electron chi connectivity index (χ3n) is 5.45. The van der Waals surface area contributed by atoms with Crippen LogP contribution in [0.1, 0.15) is 28.5 Å². The third-order valence-corrected chi connectivity index (χ3v) is 6.35. The van der Waals surface area contributed by atoms with Crippen molar-refractivity contribution in [2.45, 2.75) is 25.3 Å². The Balaban J connectivity index is 1.58. The highest BCUT2D eigenvalue weighted by Crippen LogP contribution is 2.35. The van der Waals surface area contributed by atoms with Gasteiger partial charge in [-0.05, 0) is 86.4 Å². The molecule has 0 fully saturated rings. The molecule has 33 heavy (non-hydrogen) atoms. The van der Waals surface area contributed by atoms with Gasteiger partial charge in [-0.25, -0.2) is 9.10 Å². The molecule has 0 bridgehead atoms. The molecule has 0 spiro atoms. The molecule has 0 atom stereocenters. The van der Waals surface area contributed by atoms with Crippen LogP contribution in [-0.2, 0) is 11.3 Å². The molecule has 6 heteroatoms. The summed E-state index contributed by atoms with van der Waals surface area (Å²) in [6, 6.07) is 22.3. The van der Waals surface area contributed by atoms with Crippen LogP contribution in [0.5, 0.6) is 5.75 Å². The Labute approximate surface area is 198 Å². The second-order valence-electron chi connectivity index (χ2n) is 7.86. The predicted molar refractivity (Wildman–Crippen MR) is 135 cm³/mol. The van der Waals surface area contributed by atoms with Gasteiger partial charge in [0.05, 0.1) is 19.3 Å². The molecule has 0 aliphatic rings. The van der Waals surface area contributed by atoms with E-state index >= 15 is 0 Å². The van der Waals surface area contributed by atoms with Gasteiger partial charge in [0.1, 0.15) is 5.75 Å². The van der Waals surface area contributed by atoms with Crippen LogP contribution < -0.4 is 4.74 Å². The van der Waals surface area contributed by atoms with E-state index in [1.807, 2.05) is 31.2 Å². The summed E-state index contributed by atoms with van der Waals surface area (Å²) in [5, 5.41) is 1.02. The topological polar surface area (TPSA) is 54.6 Å². The van der Waals surface area contributed by atoms with E-state index in [0.29, 0.717) is 12.2 Å². The lowest BCUT2D eigenvalue weighted by molar-refractivity contribution is 0.0526. The molecule has 0 unspecified atom stereocenters. The molecule has 0 radical (unpaired) electrons. The molecule has 0 saturated heterocycles. The van der Waals surface area contributed by atoms with Crippen molar-refractivity contribution in [3.05, 3.63) is 83.6 Å². The molecule has 0 aliphatic heterocycles. The summed E-state index contributed by atoms with van der Waals surface area (Å²) in [6.07, 6.45) is 0. The van der Waals surface area contributed by atoms with Crippen LogP contribution in [0, 0.1) is 6.92 Å². The maximum Gasteiger partial charge on any atom is 0.338 e. The summed E-state index contributed by atoms with van der Waals surface area (Å²) in [7, 11) is 3.77. The number of hydrogen-bond donors (Lipinski definition) is 1. The average molecular weight is 461 g/mol. The fraction of sp³-hybridized carbons (Fsp3) is 0.222. The quantitative estimate of drug-likeness (QED) is 0.241. The van der Waals surface area contributed by atoms with Gasteiger partial charge in [-0.15, -0.1) is 0 Å². The van der Waals surface area contributed by atoms with Gasteiger partial charge in [0, 0.05) is 33.6 Å². The number of nitrogens with one attached hydrogen (secondary N) is 1. The number of hydrogen-bond acceptors (Lipinski definition) is 5. The van der Waals surface area contributed by atoms with Crippen molar-refractivity contribution < 1.29 is 14.3 Å². The average Bonchev–Trinajstić information content (AvgIpc) is 3.14. The number of aromatic amines is 1. The molecule has 0 saturated carbocycles. The Bertz CT molecular complexity index is 1260. The SMILES string of the molecule is CCOC(=O)c1ccc2[nH]c(C)c(-c3cccc(SN(C)Cc4ccc(OC)cc4)c3)c2c1. The number of aromatic nitrogens is 1. The monoisotopic (exact) mass is 460 g/mol. The maximum atomic E-state index is 12.3. The summed E-state index contributed by atoms with van der Waals surface area (Å²) in [4.78, 5) is 16.9. The number of methoxy groups -OCH3 is 1. The van der Waals surface area contributed by atoms with Gasteiger partial charge in [-0.2, -0.15) is 0 Å². The number of fused-ring (bicyclic) bond motifs is 1. The molecule has 170 valence electrons. The summed E-state index contributed by atoms with van der Waals surface area (Å²) < 4.78 is 12.6. The molecule has 1 heterocycles. The van der Waals surface area contributed by atoms with E-state index in [1.54, 1.807) is 25.1 Å². The molecule has 3 aromatic carbocycles. The summed E-state index contributed by atoms with van der Waals surface area (Å²) in [5.74, 6) is 0.565. The van der Waals surface area contributed by atoms with Crippen molar-refractivity contribution in [2.75, 3.05) is 20.8 Å². The largest absolute Gasteiger partial charge is 0.497 e. The standard InChI is InChI=1S/C27H28N2O3S/c1-5-32-27(30)21-11-14-25-24(16-21)26(18(2)28-25)20-7-6-8-23(15-20)33-29(3)17-19-9-12-22(31-4)13-10-19/h6-16,28H,5,17H2,1-4H3. The van der Waals surface area contributed by atoms with E-state index in [-0.39, 0.29) is 5.97 Å². The normalized spacial score (nSPS) is 11.2. The highest BCUT2D eigenvalue weighted by Gasteiger charge is 2.15. The molecule has 1 aromatic heterocycles. The fourth-order valence-electron chi connectivity index (χ4n) is 3.95. The highest BCUT2D eigenvalue weighted by atomic mass is 32.2. The Morgan fingerprint density at radius 2 is 1.85 bits per heavy atom. The van der Waals surface area contributed by atoms with Crippen molar-refractivity contribution in [3.63, 3.8) is 0 Å². The first kappa shape index (κ1) is 23.0. The van der Waals surface area contributed by atoms with E-state index in [2.05, 4.69) is 59.7 Å². The zero-order valence-electron chi connectivity index (χ0n) is 19.3. The second kappa shape index (κ2) is 10.1. The first-order valence-electron chi connectivity index (χ1n) is 10.9. The van der Waals surface area contributed by atoms with Crippen LogP contribution in [0.25, 0.3) is 22.0 Å². The van der Waals surface area contributed by atoms with Crippen molar-refractivity contribution in [1.29, 1.82) is 0 Å². The van der Waals surface area contributed by atoms with Crippen LogP contribution in [0.4, 0.5) is 0 Å². The first-order chi connectivity index (χ1) is 16.0. The molecule has 4 rings (SSSR count). The highest BCUT2D eigenvalue weighted by molar-refractivity contribution is 7.97. The molecule has 5 nitrogen and oxygen atoms in total. The molecular weight excluding hydrogens is 432 g/mol. The van der Waals surface area contributed by atoms with E-state index in [4.69, 9.17) is 9.47 Å². The summed E-state index contributed by atoms with van der Waals surface area (Å²) >= 11 is 1.70. The van der Waals surface area contributed by atoms with E-state index < -0.39 is 0 Å². The Morgan fingerprint density at radius 3 is 2.58 bits per heavy atom. The predicted octanol–water partition coefficient (Wildman–Crippen LogP) is 6.47. The van der Waals surface area contributed by atoms with Gasteiger partial charge in [0.2, 0.25) is 0 Å². The zero-order valence-corrected chi connectivity index (χ0v) is 20.2. The molecule has 4 aromatic rings. The van der Waals surface area contributed by atoms with E-state index in [1.165, 1.54) is 5.56 Å². The number of ether oxygens (including phenoxy) is 2. The minimum Gasteiger partial charge on any atom is -0.497 e. The van der Waals surface area contributed by atoms with Crippen molar-refractivity contribution in [2.24, 2.45) is 0 Å². The smallest absolute Gasteiger partial charge is 0.338 e. The van der Waals surface area contributed by atoms with Gasteiger partial charge in [0.15, 0.2) is 0 Å². The molecule has 0 amide bonds. The minimum atomic E-state index is -0.298. The number of carbonyl (C=O) groups is 1. The van der Waals surface area contributed by atoms with Crippen LogP contribution >= 0.6 is 11.9 Å². The van der Waals surface area contributed by atoms with E-state index in [0.717, 1.165) is 44.9 Å². The molecule has 1 N–H and O–H groups in total. The Morgan fingerprint density at radius 1 is 1.06 bits per heavy atom. The number of esters is 1. The first-order valence-corrected chi connectivity index (χ1v) is 11.7. The zero-order chi connectivity index (χ0) is 23.4. The van der Waals surface area contributed by atoms with Crippen LogP contribution in [-0.4, -0.2) is 36.0 Å². The van der Waals surface area contributed by atoms with Gasteiger partial charge < -0.3 is 14.5 Å². The third kappa shape index (κ3) is 5.24. The Kier molecular flexibility index (Phi) is 7.06. The summed E-state index contributed by atoms with van der Waals surface area (Å²) in [6.45, 7) is 5.05. The van der Waals surface area contributed by atoms with Crippen LogP contribution in [0.2, 0.25) is 0 Å². The van der Waals surface area contributed by atoms with E-state index in [9.17, 15) is 4.79 Å². The number of H-pyrrole nitrogens is 1. The van der Waals surface area contributed by atoms with Gasteiger partial charge in [0.25, 0.3) is 0 Å². The minimum absolute atomic E-state index is 0.298.